The number of amides is 1. The lowest BCUT2D eigenvalue weighted by Crippen LogP contribution is -2.65. The van der Waals surface area contributed by atoms with Crippen LogP contribution in [0, 0.1) is 17.3 Å². The van der Waals surface area contributed by atoms with E-state index in [1.807, 2.05) is 18.2 Å². The summed E-state index contributed by atoms with van der Waals surface area (Å²) in [7, 11) is -0.325. The molecule has 3 aliphatic carbocycles. The highest BCUT2D eigenvalue weighted by molar-refractivity contribution is 6.47. The summed E-state index contributed by atoms with van der Waals surface area (Å²) in [6.45, 7) is 8.10. The number of rotatable bonds is 10. The number of hydrogen-bond acceptors (Lipinski definition) is 5. The maximum Gasteiger partial charge on any atom is 0.463 e. The highest BCUT2D eigenvalue weighted by atomic mass is 35.5. The van der Waals surface area contributed by atoms with Crippen LogP contribution in [0.4, 0.5) is 0 Å². The SMILES string of the molecule is CC1(C)[C@H]2C[C@@H]3OB([C@@H](CNC(=O)[C@H](N)CCCCN)Cc4ccccc4)O[C@]3(C)[C@@H]1C2.Cl. The fraction of sp³-hybridized carbons (Fsp3) is 0.720. The van der Waals surface area contributed by atoms with Gasteiger partial charge in [-0.05, 0) is 68.4 Å². The van der Waals surface area contributed by atoms with Gasteiger partial charge in [-0.15, -0.1) is 12.4 Å². The second kappa shape index (κ2) is 10.7. The largest absolute Gasteiger partial charge is 0.463 e. The third-order valence-corrected chi connectivity index (χ3v) is 8.54. The lowest BCUT2D eigenvalue weighted by Gasteiger charge is -2.64. The summed E-state index contributed by atoms with van der Waals surface area (Å²) >= 11 is 0. The average molecular weight is 478 g/mol. The van der Waals surface area contributed by atoms with Gasteiger partial charge in [-0.3, -0.25) is 4.79 Å². The van der Waals surface area contributed by atoms with Crippen molar-refractivity contribution in [1.29, 1.82) is 0 Å². The smallest absolute Gasteiger partial charge is 0.405 e. The molecule has 0 spiro atoms. The van der Waals surface area contributed by atoms with Crippen LogP contribution in [0.25, 0.3) is 0 Å². The molecule has 0 radical (unpaired) electrons. The van der Waals surface area contributed by atoms with E-state index in [9.17, 15) is 4.79 Å². The van der Waals surface area contributed by atoms with E-state index in [1.165, 1.54) is 12.0 Å². The van der Waals surface area contributed by atoms with Crippen LogP contribution < -0.4 is 16.8 Å². The Bertz CT molecular complexity index is 798. The van der Waals surface area contributed by atoms with Crippen LogP contribution in [-0.2, 0) is 20.5 Å². The third kappa shape index (κ3) is 5.28. The van der Waals surface area contributed by atoms with Gasteiger partial charge < -0.3 is 26.1 Å². The monoisotopic (exact) mass is 477 g/mol. The molecular formula is C25H41BClN3O3. The minimum absolute atomic E-state index is 0. The molecule has 1 heterocycles. The number of halogens is 1. The van der Waals surface area contributed by atoms with Gasteiger partial charge in [-0.2, -0.15) is 0 Å². The van der Waals surface area contributed by atoms with Gasteiger partial charge in [-0.1, -0.05) is 50.6 Å². The van der Waals surface area contributed by atoms with E-state index >= 15 is 0 Å². The molecule has 184 valence electrons. The summed E-state index contributed by atoms with van der Waals surface area (Å²) in [5, 5.41) is 3.08. The van der Waals surface area contributed by atoms with Gasteiger partial charge in [0.15, 0.2) is 0 Å². The Morgan fingerprint density at radius 3 is 2.61 bits per heavy atom. The van der Waals surface area contributed by atoms with Crippen molar-refractivity contribution >= 4 is 25.4 Å². The van der Waals surface area contributed by atoms with Gasteiger partial charge in [-0.25, -0.2) is 0 Å². The zero-order chi connectivity index (χ0) is 22.9. The second-order valence-electron chi connectivity index (χ2n) is 10.9. The van der Waals surface area contributed by atoms with E-state index in [0.717, 1.165) is 25.7 Å². The predicted octanol–water partition coefficient (Wildman–Crippen LogP) is 3.32. The Morgan fingerprint density at radius 2 is 1.94 bits per heavy atom. The normalized spacial score (nSPS) is 31.1. The number of nitrogens with one attached hydrogen (secondary N) is 1. The first-order valence-electron chi connectivity index (χ1n) is 12.4. The van der Waals surface area contributed by atoms with Crippen molar-refractivity contribution in [3.8, 4) is 0 Å². The predicted molar refractivity (Wildman–Crippen MR) is 135 cm³/mol. The van der Waals surface area contributed by atoms with E-state index in [0.29, 0.717) is 36.8 Å². The van der Waals surface area contributed by atoms with E-state index in [-0.39, 0.29) is 43.0 Å². The van der Waals surface area contributed by atoms with Gasteiger partial charge in [0.2, 0.25) is 5.91 Å². The zero-order valence-corrected chi connectivity index (χ0v) is 21.1. The number of carbonyl (C=O) groups is 1. The highest BCUT2D eigenvalue weighted by Gasteiger charge is 2.68. The molecule has 3 saturated carbocycles. The molecule has 2 bridgehead atoms. The molecule has 5 N–H and O–H groups in total. The maximum atomic E-state index is 12.6. The lowest BCUT2D eigenvalue weighted by molar-refractivity contribution is -0.199. The average Bonchev–Trinajstić information content (AvgIpc) is 3.14. The molecule has 0 unspecified atom stereocenters. The fourth-order valence-electron chi connectivity index (χ4n) is 6.29. The second-order valence-corrected chi connectivity index (χ2v) is 10.9. The molecule has 1 saturated heterocycles. The summed E-state index contributed by atoms with van der Waals surface area (Å²) in [6, 6.07) is 9.86. The number of hydrogen-bond donors (Lipinski definition) is 3. The maximum absolute atomic E-state index is 12.6. The van der Waals surface area contributed by atoms with E-state index in [1.54, 1.807) is 0 Å². The van der Waals surface area contributed by atoms with Crippen LogP contribution in [0.3, 0.4) is 0 Å². The van der Waals surface area contributed by atoms with Crippen LogP contribution in [0.1, 0.15) is 58.4 Å². The van der Waals surface area contributed by atoms with Crippen LogP contribution >= 0.6 is 12.4 Å². The number of unbranched alkanes of at least 4 members (excludes halogenated alkanes) is 1. The molecule has 6 nitrogen and oxygen atoms in total. The van der Waals surface area contributed by atoms with E-state index < -0.39 is 6.04 Å². The molecule has 0 aromatic heterocycles. The van der Waals surface area contributed by atoms with Gasteiger partial charge >= 0.3 is 7.12 Å². The highest BCUT2D eigenvalue weighted by Crippen LogP contribution is 2.66. The fourth-order valence-corrected chi connectivity index (χ4v) is 6.29. The van der Waals surface area contributed by atoms with Crippen molar-refractivity contribution in [3.05, 3.63) is 35.9 Å². The number of nitrogens with two attached hydrogens (primary N) is 2. The summed E-state index contributed by atoms with van der Waals surface area (Å²) in [5.74, 6) is 1.16. The minimum Gasteiger partial charge on any atom is -0.405 e. The zero-order valence-electron chi connectivity index (χ0n) is 20.3. The summed E-state index contributed by atoms with van der Waals surface area (Å²) in [4.78, 5) is 12.6. The molecule has 1 aromatic rings. The van der Waals surface area contributed by atoms with E-state index in [4.69, 9.17) is 20.8 Å². The Hall–Kier alpha value is -1.12. The van der Waals surface area contributed by atoms with Gasteiger partial charge in [0.25, 0.3) is 0 Å². The van der Waals surface area contributed by atoms with Crippen LogP contribution in [0.2, 0.25) is 5.82 Å². The summed E-state index contributed by atoms with van der Waals surface area (Å²) in [6.07, 6.45) is 5.62. The number of benzene rings is 1. The van der Waals surface area contributed by atoms with Gasteiger partial charge in [0, 0.05) is 12.4 Å². The standard InChI is InChI=1S/C25H40BN3O3.ClH/c1-24(2)18-14-21(24)25(3)22(15-18)31-26(32-25)19(13-17-9-5-4-6-10-17)16-29-23(30)20(28)11-7-8-12-27;/h4-6,9-10,18-22H,7-8,11-16,27-28H2,1-3H3,(H,29,30);1H/t18-,19-,20-,21-,22+,25-;/m1./s1. The molecule has 1 amide bonds. The topological polar surface area (TPSA) is 99.6 Å². The first-order valence-corrected chi connectivity index (χ1v) is 12.4. The molecule has 8 heteroatoms. The third-order valence-electron chi connectivity index (χ3n) is 8.54. The van der Waals surface area contributed by atoms with Crippen LogP contribution in [0.15, 0.2) is 30.3 Å². The molecule has 1 aromatic carbocycles. The molecular weight excluding hydrogens is 437 g/mol. The Morgan fingerprint density at radius 1 is 1.21 bits per heavy atom. The van der Waals surface area contributed by atoms with Crippen molar-refractivity contribution < 1.29 is 14.1 Å². The molecule has 4 aliphatic rings. The first-order chi connectivity index (χ1) is 15.3. The van der Waals surface area contributed by atoms with Crippen molar-refractivity contribution in [1.82, 2.24) is 5.32 Å². The molecule has 5 rings (SSSR count). The lowest BCUT2D eigenvalue weighted by atomic mass is 9.43. The van der Waals surface area contributed by atoms with Crippen LogP contribution in [-0.4, -0.2) is 43.9 Å². The quantitative estimate of drug-likeness (QED) is 0.354. The Labute approximate surface area is 205 Å². The Balaban J connectivity index is 0.00000306. The Kier molecular flexibility index (Phi) is 8.55. The van der Waals surface area contributed by atoms with Crippen molar-refractivity contribution in [2.24, 2.45) is 28.7 Å². The van der Waals surface area contributed by atoms with Gasteiger partial charge in [0.05, 0.1) is 17.7 Å². The number of carbonyl (C=O) groups excluding carboxylic acids is 1. The van der Waals surface area contributed by atoms with E-state index in [2.05, 4.69) is 38.2 Å². The summed E-state index contributed by atoms with van der Waals surface area (Å²) < 4.78 is 13.3. The molecule has 6 atom stereocenters. The molecule has 33 heavy (non-hydrogen) atoms. The van der Waals surface area contributed by atoms with Crippen molar-refractivity contribution in [3.63, 3.8) is 0 Å². The summed E-state index contributed by atoms with van der Waals surface area (Å²) in [5.41, 5.74) is 12.9. The van der Waals surface area contributed by atoms with Crippen molar-refractivity contribution in [2.45, 2.75) is 82.9 Å². The molecule has 4 fully saturated rings. The van der Waals surface area contributed by atoms with Crippen molar-refractivity contribution in [2.75, 3.05) is 13.1 Å². The first kappa shape index (κ1) is 26.5. The minimum atomic E-state index is -0.502. The molecule has 1 aliphatic heterocycles. The van der Waals surface area contributed by atoms with Gasteiger partial charge in [0.1, 0.15) is 0 Å². The van der Waals surface area contributed by atoms with Crippen LogP contribution in [0.5, 0.6) is 0 Å².